The predicted octanol–water partition coefficient (Wildman–Crippen LogP) is 3.09. The van der Waals surface area contributed by atoms with Crippen LogP contribution in [0.2, 0.25) is 0 Å². The van der Waals surface area contributed by atoms with Crippen molar-refractivity contribution >= 4 is 35.1 Å². The van der Waals surface area contributed by atoms with Crippen LogP contribution in [0, 0.1) is 12.4 Å². The summed E-state index contributed by atoms with van der Waals surface area (Å²) in [6, 6.07) is 10.1. The molecule has 2 aliphatic rings. The fraction of sp³-hybridized carbons (Fsp3) is 0.0526. The number of aromatic nitrogens is 1. The quantitative estimate of drug-likeness (QED) is 0.366. The first-order valence-corrected chi connectivity index (χ1v) is 9.69. The molecule has 3 aromatic rings. The molecule has 0 spiro atoms. The molecule has 0 unspecified atom stereocenters. The number of phenolic OH excluding ortho intramolecular Hbond substituents is 2. The zero-order chi connectivity index (χ0) is 18.5. The Bertz CT molecular complexity index is 1140. The van der Waals surface area contributed by atoms with Gasteiger partial charge in [-0.3, -0.25) is 0 Å². The van der Waals surface area contributed by atoms with E-state index in [1.807, 2.05) is 29.7 Å². The van der Waals surface area contributed by atoms with Crippen molar-refractivity contribution in [2.24, 2.45) is 0 Å². The molecule has 0 aliphatic carbocycles. The number of hydrogen-bond donors (Lipinski definition) is 2. The molecule has 6 nitrogen and oxygen atoms in total. The van der Waals surface area contributed by atoms with Gasteiger partial charge in [-0.15, -0.1) is 4.57 Å². The Morgan fingerprint density at radius 1 is 1.04 bits per heavy atom. The molecule has 2 aromatic carbocycles. The summed E-state index contributed by atoms with van der Waals surface area (Å²) in [4.78, 5) is 13.6. The van der Waals surface area contributed by atoms with Crippen LogP contribution in [0.3, 0.4) is 0 Å². The number of rotatable bonds is 2. The molecule has 28 heavy (non-hydrogen) atoms. The van der Waals surface area contributed by atoms with E-state index < -0.39 is 0 Å². The molecule has 0 amide bonds. The lowest BCUT2D eigenvalue weighted by Crippen LogP contribution is -2.40. The van der Waals surface area contributed by atoms with Crippen LogP contribution in [-0.4, -0.2) is 22.9 Å². The Labute approximate surface area is 174 Å². The molecule has 0 saturated carbocycles. The van der Waals surface area contributed by atoms with Crippen LogP contribution >= 0.6 is 23.1 Å². The second kappa shape index (κ2) is 7.05. The highest BCUT2D eigenvalue weighted by atomic mass is 35.5. The highest BCUT2D eigenvalue weighted by Crippen LogP contribution is 2.40. The summed E-state index contributed by atoms with van der Waals surface area (Å²) in [5, 5.41) is 21.1. The molecule has 2 N–H and O–H groups in total. The number of nitrogens with zero attached hydrogens (tertiary/aromatic N) is 1. The number of hydrogen-bond acceptors (Lipinski definition) is 7. The summed E-state index contributed by atoms with van der Waals surface area (Å²) in [6.07, 6.45) is 1.83. The Hall–Kier alpha value is -2.68. The van der Waals surface area contributed by atoms with Gasteiger partial charge in [0.1, 0.15) is 4.91 Å². The summed E-state index contributed by atoms with van der Waals surface area (Å²) in [6.45, 7) is 0.207. The van der Waals surface area contributed by atoms with Crippen LogP contribution in [0.5, 0.6) is 23.0 Å². The van der Waals surface area contributed by atoms with Gasteiger partial charge in [0.25, 0.3) is 0 Å². The number of carbonyl (C=O) groups excluding carboxylic acids is 1. The first-order valence-electron chi connectivity index (χ1n) is 8.00. The van der Waals surface area contributed by atoms with Gasteiger partial charge >= 0.3 is 10.2 Å². The maximum atomic E-state index is 13.0. The number of phenols is 2. The highest BCUT2D eigenvalue weighted by Gasteiger charge is 2.41. The van der Waals surface area contributed by atoms with E-state index in [0.717, 1.165) is 9.90 Å². The minimum absolute atomic E-state index is 0. The summed E-state index contributed by atoms with van der Waals surface area (Å²) in [5.41, 5.74) is 2.19. The van der Waals surface area contributed by atoms with Crippen molar-refractivity contribution in [2.75, 3.05) is 6.79 Å². The number of fused-ring (bicyclic) bond motifs is 2. The molecule has 0 radical (unpaired) electrons. The Morgan fingerprint density at radius 3 is 2.68 bits per heavy atom. The van der Waals surface area contributed by atoms with Gasteiger partial charge in [0, 0.05) is 11.8 Å². The SMILES string of the molecule is O=C1/C(=C/c2ccc3c(c2)OCO3)Sc2scc(-c3ccc(O)c(O)c3)[n+]21.[ClH2+]. The van der Waals surface area contributed by atoms with Crippen LogP contribution in [0.1, 0.15) is 10.4 Å². The molecule has 9 heteroatoms. The van der Waals surface area contributed by atoms with Gasteiger partial charge in [0.05, 0.1) is 23.4 Å². The zero-order valence-electron chi connectivity index (χ0n) is 14.2. The van der Waals surface area contributed by atoms with Crippen molar-refractivity contribution in [1.82, 2.24) is 0 Å². The third kappa shape index (κ3) is 2.99. The van der Waals surface area contributed by atoms with Crippen LogP contribution in [0.4, 0.5) is 0 Å². The van der Waals surface area contributed by atoms with Crippen LogP contribution < -0.4 is 14.0 Å². The van der Waals surface area contributed by atoms with E-state index in [2.05, 4.69) is 0 Å². The maximum Gasteiger partial charge on any atom is 0.433 e. The number of benzene rings is 2. The fourth-order valence-electron chi connectivity index (χ4n) is 2.95. The normalized spacial score (nSPS) is 15.6. The van der Waals surface area contributed by atoms with E-state index >= 15 is 0 Å². The van der Waals surface area contributed by atoms with E-state index in [1.54, 1.807) is 10.6 Å². The maximum absolute atomic E-state index is 13.0. The zero-order valence-corrected chi connectivity index (χ0v) is 16.7. The third-order valence-corrected chi connectivity index (χ3v) is 6.41. The largest absolute Gasteiger partial charge is 0.504 e. The molecule has 5 rings (SSSR count). The van der Waals surface area contributed by atoms with Gasteiger partial charge in [0.15, 0.2) is 23.0 Å². The Balaban J connectivity index is 0.00000192. The molecule has 3 heterocycles. The van der Waals surface area contributed by atoms with Crippen LogP contribution in [0.25, 0.3) is 17.3 Å². The Morgan fingerprint density at radius 2 is 1.86 bits per heavy atom. The summed E-state index contributed by atoms with van der Waals surface area (Å²) < 4.78 is 13.2. The third-order valence-electron chi connectivity index (χ3n) is 4.27. The number of aromatic hydroxyl groups is 2. The van der Waals surface area contributed by atoms with E-state index in [4.69, 9.17) is 9.47 Å². The van der Waals surface area contributed by atoms with Crippen molar-refractivity contribution in [3.8, 4) is 34.3 Å². The van der Waals surface area contributed by atoms with Crippen molar-refractivity contribution in [1.29, 1.82) is 0 Å². The molecule has 1 aromatic heterocycles. The fourth-order valence-corrected chi connectivity index (χ4v) is 5.13. The molecular weight excluding hydrogens is 422 g/mol. The molecule has 0 bridgehead atoms. The van der Waals surface area contributed by atoms with Crippen molar-refractivity contribution in [3.63, 3.8) is 0 Å². The van der Waals surface area contributed by atoms with Gasteiger partial charge in [-0.05, 0) is 42.0 Å². The summed E-state index contributed by atoms with van der Waals surface area (Å²) >= 11 is 2.86. The molecule has 0 saturated heterocycles. The monoisotopic (exact) mass is 435 g/mol. The Kier molecular flexibility index (Phi) is 4.70. The minimum Gasteiger partial charge on any atom is -0.504 e. The lowest BCUT2D eigenvalue weighted by Gasteiger charge is -1.99. The van der Waals surface area contributed by atoms with Crippen molar-refractivity contribution in [2.45, 2.75) is 4.34 Å². The number of carbonyl (C=O) groups is 1. The first kappa shape index (κ1) is 18.7. The molecule has 142 valence electrons. The van der Waals surface area contributed by atoms with Gasteiger partial charge < -0.3 is 19.7 Å². The number of ether oxygens (including phenoxy) is 2. The number of thiazole rings is 1. The van der Waals surface area contributed by atoms with E-state index in [-0.39, 0.29) is 36.6 Å². The second-order valence-corrected chi connectivity index (χ2v) is 8.10. The average molecular weight is 436 g/mol. The van der Waals surface area contributed by atoms with Gasteiger partial charge in [0.2, 0.25) is 12.5 Å². The van der Waals surface area contributed by atoms with Crippen LogP contribution in [-0.2, 0) is 0 Å². The van der Waals surface area contributed by atoms with Crippen molar-refractivity contribution in [3.05, 3.63) is 52.2 Å². The molecular formula is C19H14ClNO5S2+2. The molecule has 2 aliphatic heterocycles. The lowest BCUT2D eigenvalue weighted by molar-refractivity contribution is -0.588. The standard InChI is InChI=1S/C19H11NO5S2.ClH2/c21-13-3-2-11(7-14(13)22)12-8-26-19-20(12)18(23)17(27-19)6-10-1-4-15-16(5-10)25-9-24-15;/h1-8H,9H2,(H-,21,22);1H2/q;+1/p+1/b17-6-;. The predicted molar refractivity (Wildman–Crippen MR) is 103 cm³/mol. The topological polar surface area (TPSA) is 79.9 Å². The highest BCUT2D eigenvalue weighted by molar-refractivity contribution is 8.05. The van der Waals surface area contributed by atoms with Gasteiger partial charge in [-0.25, -0.2) is 4.79 Å². The second-order valence-electron chi connectivity index (χ2n) is 5.95. The minimum atomic E-state index is -0.220. The van der Waals surface area contributed by atoms with Crippen LogP contribution in [0.15, 0.2) is 51.0 Å². The van der Waals surface area contributed by atoms with Gasteiger partial charge in [-0.1, -0.05) is 17.4 Å². The first-order chi connectivity index (χ1) is 13.1. The summed E-state index contributed by atoms with van der Waals surface area (Å²) in [5.74, 6) is 0.825. The summed E-state index contributed by atoms with van der Waals surface area (Å²) in [7, 11) is 0. The number of halogens is 1. The number of thioether (sulfide) groups is 1. The number of allylic oxidation sites excluding steroid dienone is 1. The van der Waals surface area contributed by atoms with E-state index in [1.165, 1.54) is 35.2 Å². The average Bonchev–Trinajstić information content (AvgIpc) is 3.35. The van der Waals surface area contributed by atoms with E-state index in [9.17, 15) is 15.0 Å². The van der Waals surface area contributed by atoms with Crippen molar-refractivity contribution < 1.29 is 41.5 Å². The smallest absolute Gasteiger partial charge is 0.433 e. The molecule has 0 fully saturated rings. The van der Waals surface area contributed by atoms with Gasteiger partial charge in [-0.2, -0.15) is 0 Å². The lowest BCUT2D eigenvalue weighted by atomic mass is 10.1. The molecule has 0 atom stereocenters. The van der Waals surface area contributed by atoms with E-state index in [0.29, 0.717) is 27.7 Å².